The van der Waals surface area contributed by atoms with Crippen LogP contribution in [0.1, 0.15) is 36.1 Å². The van der Waals surface area contributed by atoms with Crippen LogP contribution in [0.3, 0.4) is 0 Å². The molecule has 7 heteroatoms. The van der Waals surface area contributed by atoms with Gasteiger partial charge in [-0.1, -0.05) is 11.6 Å². The van der Waals surface area contributed by atoms with Gasteiger partial charge in [-0.15, -0.1) is 10.2 Å². The third-order valence-corrected chi connectivity index (χ3v) is 3.16. The maximum absolute atomic E-state index is 11.9. The molecule has 2 rings (SSSR count). The molecule has 1 N–H and O–H groups in total. The minimum Gasteiger partial charge on any atom is -0.352 e. The van der Waals surface area contributed by atoms with E-state index in [0.717, 1.165) is 5.82 Å². The van der Waals surface area contributed by atoms with Gasteiger partial charge in [-0.2, -0.15) is 0 Å². The fourth-order valence-corrected chi connectivity index (χ4v) is 2.02. The standard InChI is InChI=1S/C13H16ClN5O/c1-9(2)19-8-17-18-12(19)4-6-16-13(20)10-3-5-15-7-11(10)14/h3,5,7-9H,4,6H2,1-2H3,(H,16,20). The zero-order chi connectivity index (χ0) is 14.5. The molecule has 0 aliphatic carbocycles. The van der Waals surface area contributed by atoms with Gasteiger partial charge in [0.2, 0.25) is 0 Å². The summed E-state index contributed by atoms with van der Waals surface area (Å²) >= 11 is 5.91. The van der Waals surface area contributed by atoms with Crippen LogP contribution >= 0.6 is 11.6 Å². The van der Waals surface area contributed by atoms with E-state index in [4.69, 9.17) is 11.6 Å². The van der Waals surface area contributed by atoms with Crippen molar-refractivity contribution >= 4 is 17.5 Å². The minimum absolute atomic E-state index is 0.215. The lowest BCUT2D eigenvalue weighted by atomic mass is 10.2. The molecule has 0 aliphatic heterocycles. The average Bonchev–Trinajstić information content (AvgIpc) is 2.87. The SMILES string of the molecule is CC(C)n1cnnc1CCNC(=O)c1ccncc1Cl. The lowest BCUT2D eigenvalue weighted by Gasteiger charge is -2.10. The minimum atomic E-state index is -0.215. The van der Waals surface area contributed by atoms with Crippen molar-refractivity contribution in [2.45, 2.75) is 26.3 Å². The van der Waals surface area contributed by atoms with Crippen molar-refractivity contribution < 1.29 is 4.79 Å². The van der Waals surface area contributed by atoms with Gasteiger partial charge in [-0.05, 0) is 19.9 Å². The van der Waals surface area contributed by atoms with Crippen molar-refractivity contribution in [3.05, 3.63) is 41.2 Å². The van der Waals surface area contributed by atoms with Crippen LogP contribution in [0.25, 0.3) is 0 Å². The zero-order valence-corrected chi connectivity index (χ0v) is 12.1. The Morgan fingerprint density at radius 3 is 3.00 bits per heavy atom. The van der Waals surface area contributed by atoms with E-state index in [-0.39, 0.29) is 5.91 Å². The van der Waals surface area contributed by atoms with Gasteiger partial charge in [-0.25, -0.2) is 0 Å². The van der Waals surface area contributed by atoms with Crippen molar-refractivity contribution in [3.63, 3.8) is 0 Å². The molecule has 0 atom stereocenters. The Bertz CT molecular complexity index is 596. The molecule has 2 aromatic rings. The Labute approximate surface area is 122 Å². The summed E-state index contributed by atoms with van der Waals surface area (Å²) in [5.41, 5.74) is 0.423. The lowest BCUT2D eigenvalue weighted by Crippen LogP contribution is -2.27. The quantitative estimate of drug-likeness (QED) is 0.913. The summed E-state index contributed by atoms with van der Waals surface area (Å²) in [6, 6.07) is 1.89. The molecular formula is C13H16ClN5O. The molecule has 2 aromatic heterocycles. The number of carbonyl (C=O) groups excluding carboxylic acids is 1. The number of rotatable bonds is 5. The van der Waals surface area contributed by atoms with Gasteiger partial charge >= 0.3 is 0 Å². The summed E-state index contributed by atoms with van der Waals surface area (Å²) in [4.78, 5) is 15.8. The Hall–Kier alpha value is -1.95. The highest BCUT2D eigenvalue weighted by atomic mass is 35.5. The zero-order valence-electron chi connectivity index (χ0n) is 11.4. The highest BCUT2D eigenvalue weighted by molar-refractivity contribution is 6.33. The number of amides is 1. The molecule has 0 aromatic carbocycles. The van der Waals surface area contributed by atoms with Crippen LogP contribution in [0.5, 0.6) is 0 Å². The fraction of sp³-hybridized carbons (Fsp3) is 0.385. The molecule has 0 saturated heterocycles. The summed E-state index contributed by atoms with van der Waals surface area (Å²) in [5, 5.41) is 11.1. The van der Waals surface area contributed by atoms with Crippen molar-refractivity contribution in [2.75, 3.05) is 6.54 Å². The molecular weight excluding hydrogens is 278 g/mol. The maximum Gasteiger partial charge on any atom is 0.252 e. The third kappa shape index (κ3) is 3.33. The van der Waals surface area contributed by atoms with Crippen LogP contribution < -0.4 is 5.32 Å². The number of pyridine rings is 1. The van der Waals surface area contributed by atoms with E-state index in [1.165, 1.54) is 12.4 Å². The maximum atomic E-state index is 11.9. The fourth-order valence-electron chi connectivity index (χ4n) is 1.82. The molecule has 106 valence electrons. The highest BCUT2D eigenvalue weighted by Crippen LogP contribution is 2.13. The van der Waals surface area contributed by atoms with Crippen LogP contribution in [0, 0.1) is 0 Å². The number of carbonyl (C=O) groups is 1. The lowest BCUT2D eigenvalue weighted by molar-refractivity contribution is 0.0954. The van der Waals surface area contributed by atoms with Gasteiger partial charge in [-0.3, -0.25) is 9.78 Å². The van der Waals surface area contributed by atoms with E-state index in [9.17, 15) is 4.79 Å². The van der Waals surface area contributed by atoms with Gasteiger partial charge < -0.3 is 9.88 Å². The topological polar surface area (TPSA) is 72.7 Å². The first-order chi connectivity index (χ1) is 9.59. The predicted molar refractivity (Wildman–Crippen MR) is 75.7 cm³/mol. The van der Waals surface area contributed by atoms with Gasteiger partial charge in [0.15, 0.2) is 0 Å². The van der Waals surface area contributed by atoms with Crippen molar-refractivity contribution in [2.24, 2.45) is 0 Å². The molecule has 0 unspecified atom stereocenters. The summed E-state index contributed by atoms with van der Waals surface area (Å²) in [5.74, 6) is 0.633. The summed E-state index contributed by atoms with van der Waals surface area (Å²) in [6.45, 7) is 4.59. The van der Waals surface area contributed by atoms with Gasteiger partial charge in [0.1, 0.15) is 12.2 Å². The van der Waals surface area contributed by atoms with E-state index >= 15 is 0 Å². The van der Waals surface area contributed by atoms with Crippen LogP contribution in [-0.2, 0) is 6.42 Å². The predicted octanol–water partition coefficient (Wildman–Crippen LogP) is 1.88. The number of hydrogen-bond donors (Lipinski definition) is 1. The second-order valence-corrected chi connectivity index (χ2v) is 5.02. The van der Waals surface area contributed by atoms with Gasteiger partial charge in [0.25, 0.3) is 5.91 Å². The number of halogens is 1. The van der Waals surface area contributed by atoms with E-state index in [1.807, 2.05) is 4.57 Å². The number of nitrogens with zero attached hydrogens (tertiary/aromatic N) is 4. The summed E-state index contributed by atoms with van der Waals surface area (Å²) in [6.07, 6.45) is 5.30. The molecule has 0 bridgehead atoms. The second-order valence-electron chi connectivity index (χ2n) is 4.61. The summed E-state index contributed by atoms with van der Waals surface area (Å²) in [7, 11) is 0. The van der Waals surface area contributed by atoms with Crippen molar-refractivity contribution in [1.82, 2.24) is 25.1 Å². The molecule has 1 amide bonds. The van der Waals surface area contributed by atoms with Crippen LogP contribution in [0.15, 0.2) is 24.8 Å². The molecule has 0 radical (unpaired) electrons. The molecule has 0 saturated carbocycles. The first-order valence-electron chi connectivity index (χ1n) is 6.35. The molecule has 0 aliphatic rings. The third-order valence-electron chi connectivity index (χ3n) is 2.85. The van der Waals surface area contributed by atoms with E-state index in [1.54, 1.807) is 12.4 Å². The average molecular weight is 294 g/mol. The van der Waals surface area contributed by atoms with Crippen LogP contribution in [0.4, 0.5) is 0 Å². The Balaban J connectivity index is 1.92. The Kier molecular flexibility index (Phi) is 4.68. The molecule has 0 fully saturated rings. The Morgan fingerprint density at radius 1 is 1.50 bits per heavy atom. The largest absolute Gasteiger partial charge is 0.352 e. The van der Waals surface area contributed by atoms with E-state index < -0.39 is 0 Å². The first kappa shape index (κ1) is 14.5. The number of nitrogens with one attached hydrogen (secondary N) is 1. The van der Waals surface area contributed by atoms with Crippen molar-refractivity contribution in [1.29, 1.82) is 0 Å². The van der Waals surface area contributed by atoms with Crippen LogP contribution in [0.2, 0.25) is 5.02 Å². The van der Waals surface area contributed by atoms with Gasteiger partial charge in [0.05, 0.1) is 10.6 Å². The second kappa shape index (κ2) is 6.47. The van der Waals surface area contributed by atoms with Crippen molar-refractivity contribution in [3.8, 4) is 0 Å². The first-order valence-corrected chi connectivity index (χ1v) is 6.73. The molecule has 0 spiro atoms. The van der Waals surface area contributed by atoms with Crippen LogP contribution in [-0.4, -0.2) is 32.2 Å². The normalized spacial score (nSPS) is 10.8. The van der Waals surface area contributed by atoms with E-state index in [2.05, 4.69) is 34.3 Å². The highest BCUT2D eigenvalue weighted by Gasteiger charge is 2.11. The summed E-state index contributed by atoms with van der Waals surface area (Å²) < 4.78 is 1.98. The smallest absolute Gasteiger partial charge is 0.252 e. The monoisotopic (exact) mass is 293 g/mol. The number of aromatic nitrogens is 4. The molecule has 20 heavy (non-hydrogen) atoms. The van der Waals surface area contributed by atoms with Gasteiger partial charge in [0, 0.05) is 31.4 Å². The van der Waals surface area contributed by atoms with E-state index in [0.29, 0.717) is 29.6 Å². The number of hydrogen-bond acceptors (Lipinski definition) is 4. The Morgan fingerprint density at radius 2 is 2.30 bits per heavy atom. The molecule has 2 heterocycles. The molecule has 6 nitrogen and oxygen atoms in total.